The fourth-order valence-corrected chi connectivity index (χ4v) is 4.72. The minimum absolute atomic E-state index is 0.267. The summed E-state index contributed by atoms with van der Waals surface area (Å²) in [6.45, 7) is 0. The number of aromatic nitrogens is 3. The first-order valence-electron chi connectivity index (χ1n) is 6.97. The summed E-state index contributed by atoms with van der Waals surface area (Å²) in [6.07, 6.45) is 4.46. The molecule has 24 heavy (non-hydrogen) atoms. The third kappa shape index (κ3) is 2.99. The average Bonchev–Trinajstić information content (AvgIpc) is 3.36. The summed E-state index contributed by atoms with van der Waals surface area (Å²) in [6, 6.07) is 8.10. The molecule has 0 radical (unpaired) electrons. The van der Waals surface area contributed by atoms with E-state index in [9.17, 15) is 4.79 Å². The molecule has 8 heteroatoms. The second-order valence-electron chi connectivity index (χ2n) is 4.70. The van der Waals surface area contributed by atoms with Crippen molar-refractivity contribution in [1.82, 2.24) is 15.0 Å². The lowest BCUT2D eigenvalue weighted by atomic mass is 10.3. The summed E-state index contributed by atoms with van der Waals surface area (Å²) in [5, 5.41) is 7.42. The normalized spacial score (nSPS) is 10.7. The van der Waals surface area contributed by atoms with Gasteiger partial charge in [-0.1, -0.05) is 23.5 Å². The van der Waals surface area contributed by atoms with Crippen molar-refractivity contribution in [2.75, 3.05) is 5.32 Å². The van der Waals surface area contributed by atoms with Crippen LogP contribution in [0.15, 0.2) is 53.6 Å². The number of hydrogen-bond acceptors (Lipinski definition) is 7. The number of nitrogens with zero attached hydrogens (tertiary/aromatic N) is 3. The molecule has 0 bridgehead atoms. The van der Waals surface area contributed by atoms with Crippen LogP contribution in [-0.4, -0.2) is 20.9 Å². The summed E-state index contributed by atoms with van der Waals surface area (Å²) >= 11 is 4.75. The third-order valence-corrected chi connectivity index (χ3v) is 6.04. The van der Waals surface area contributed by atoms with Crippen LogP contribution in [0.4, 0.5) is 5.13 Å². The summed E-state index contributed by atoms with van der Waals surface area (Å²) in [5.74, 6) is -0.313. The van der Waals surface area contributed by atoms with E-state index in [0.29, 0.717) is 5.13 Å². The molecule has 0 aliphatic heterocycles. The van der Waals surface area contributed by atoms with Gasteiger partial charge in [-0.25, -0.2) is 9.97 Å². The topological polar surface area (TPSA) is 67.8 Å². The van der Waals surface area contributed by atoms with Gasteiger partial charge in [-0.15, -0.1) is 22.7 Å². The van der Waals surface area contributed by atoms with Crippen molar-refractivity contribution in [2.24, 2.45) is 0 Å². The highest BCUT2D eigenvalue weighted by molar-refractivity contribution is 7.24. The Bertz CT molecular complexity index is 895. The van der Waals surface area contributed by atoms with E-state index in [2.05, 4.69) is 26.3 Å². The van der Waals surface area contributed by atoms with Gasteiger partial charge in [0.05, 0.1) is 16.0 Å². The average molecular weight is 370 g/mol. The zero-order valence-electron chi connectivity index (χ0n) is 12.2. The van der Waals surface area contributed by atoms with Gasteiger partial charge in [0, 0.05) is 17.3 Å². The van der Waals surface area contributed by atoms with E-state index in [1.54, 1.807) is 22.7 Å². The number of thiophene rings is 2. The molecule has 0 saturated heterocycles. The maximum atomic E-state index is 12.3. The van der Waals surface area contributed by atoms with E-state index in [-0.39, 0.29) is 11.6 Å². The van der Waals surface area contributed by atoms with Crippen molar-refractivity contribution >= 4 is 45.0 Å². The Morgan fingerprint density at radius 2 is 1.83 bits per heavy atom. The zero-order valence-corrected chi connectivity index (χ0v) is 14.6. The molecule has 4 rings (SSSR count). The lowest BCUT2D eigenvalue weighted by Gasteiger charge is -1.99. The number of carbonyl (C=O) groups is 1. The van der Waals surface area contributed by atoms with E-state index in [4.69, 9.17) is 0 Å². The summed E-state index contributed by atoms with van der Waals surface area (Å²) in [4.78, 5) is 28.1. The fourth-order valence-electron chi connectivity index (χ4n) is 2.11. The van der Waals surface area contributed by atoms with Crippen molar-refractivity contribution < 1.29 is 4.79 Å². The summed E-state index contributed by atoms with van der Waals surface area (Å²) in [5.41, 5.74) is 1.16. The quantitative estimate of drug-likeness (QED) is 0.568. The molecule has 0 saturated carbocycles. The SMILES string of the molecule is O=C(Nc1nc(-c2cccs2)c(-c2cccs2)s1)c1cnccn1. The van der Waals surface area contributed by atoms with Crippen LogP contribution >= 0.6 is 34.0 Å². The summed E-state index contributed by atoms with van der Waals surface area (Å²) < 4.78 is 0. The molecule has 118 valence electrons. The molecule has 4 aromatic heterocycles. The Morgan fingerprint density at radius 1 is 1.04 bits per heavy atom. The van der Waals surface area contributed by atoms with Crippen LogP contribution in [0.1, 0.15) is 10.5 Å². The molecule has 0 aromatic carbocycles. The van der Waals surface area contributed by atoms with Crippen molar-refractivity contribution in [3.63, 3.8) is 0 Å². The highest BCUT2D eigenvalue weighted by Gasteiger charge is 2.18. The molecule has 0 unspecified atom stereocenters. The molecule has 5 nitrogen and oxygen atoms in total. The second kappa shape index (κ2) is 6.60. The molecule has 4 heterocycles. The van der Waals surface area contributed by atoms with Crippen LogP contribution in [0, 0.1) is 0 Å². The monoisotopic (exact) mass is 370 g/mol. The standard InChI is InChI=1S/C16H10N4OS3/c21-15(10-9-17-5-6-18-10)20-16-19-13(11-3-1-7-22-11)14(24-16)12-4-2-8-23-12/h1-9H,(H,19,20,21). The molecular formula is C16H10N4OS3. The molecule has 0 atom stereocenters. The van der Waals surface area contributed by atoms with Crippen LogP contribution in [0.25, 0.3) is 20.3 Å². The third-order valence-electron chi connectivity index (χ3n) is 3.14. The molecule has 0 aliphatic rings. The number of hydrogen-bond donors (Lipinski definition) is 1. The van der Waals surface area contributed by atoms with E-state index >= 15 is 0 Å². The Kier molecular flexibility index (Phi) is 4.16. The molecule has 0 fully saturated rings. The molecule has 1 amide bonds. The van der Waals surface area contributed by atoms with E-state index in [1.807, 2.05) is 29.0 Å². The van der Waals surface area contributed by atoms with E-state index in [1.165, 1.54) is 29.9 Å². The van der Waals surface area contributed by atoms with Gasteiger partial charge in [-0.2, -0.15) is 0 Å². The Balaban J connectivity index is 1.70. The van der Waals surface area contributed by atoms with Crippen LogP contribution in [0.3, 0.4) is 0 Å². The lowest BCUT2D eigenvalue weighted by Crippen LogP contribution is -2.13. The van der Waals surface area contributed by atoms with Gasteiger partial charge in [0.2, 0.25) is 0 Å². The van der Waals surface area contributed by atoms with Crippen molar-refractivity contribution in [1.29, 1.82) is 0 Å². The van der Waals surface area contributed by atoms with Gasteiger partial charge in [-0.3, -0.25) is 15.1 Å². The Hall–Kier alpha value is -2.42. The second-order valence-corrected chi connectivity index (χ2v) is 7.59. The fraction of sp³-hybridized carbons (Fsp3) is 0. The number of thiazole rings is 1. The minimum Gasteiger partial charge on any atom is -0.296 e. The lowest BCUT2D eigenvalue weighted by molar-refractivity contribution is 0.102. The first kappa shape index (κ1) is 15.1. The highest BCUT2D eigenvalue weighted by Crippen LogP contribution is 2.42. The molecule has 1 N–H and O–H groups in total. The van der Waals surface area contributed by atoms with Gasteiger partial charge in [0.25, 0.3) is 5.91 Å². The largest absolute Gasteiger partial charge is 0.296 e. The Labute approximate surface area is 149 Å². The minimum atomic E-state index is -0.313. The number of carbonyl (C=O) groups excluding carboxylic acids is 1. The van der Waals surface area contributed by atoms with Gasteiger partial charge in [0.15, 0.2) is 5.13 Å². The molecule has 4 aromatic rings. The van der Waals surface area contributed by atoms with Crippen molar-refractivity contribution in [3.05, 3.63) is 59.3 Å². The van der Waals surface area contributed by atoms with Crippen molar-refractivity contribution in [3.8, 4) is 20.3 Å². The van der Waals surface area contributed by atoms with Gasteiger partial charge < -0.3 is 0 Å². The number of amides is 1. The predicted molar refractivity (Wildman–Crippen MR) is 98.7 cm³/mol. The van der Waals surface area contributed by atoms with Crippen LogP contribution in [-0.2, 0) is 0 Å². The first-order valence-corrected chi connectivity index (χ1v) is 9.55. The number of anilines is 1. The summed E-state index contributed by atoms with van der Waals surface area (Å²) in [7, 11) is 0. The number of rotatable bonds is 4. The van der Waals surface area contributed by atoms with Gasteiger partial charge in [-0.05, 0) is 22.9 Å². The highest BCUT2D eigenvalue weighted by atomic mass is 32.1. The van der Waals surface area contributed by atoms with Crippen molar-refractivity contribution in [2.45, 2.75) is 0 Å². The zero-order chi connectivity index (χ0) is 16.4. The van der Waals surface area contributed by atoms with Crippen LogP contribution in [0.5, 0.6) is 0 Å². The molecular weight excluding hydrogens is 360 g/mol. The number of nitrogens with one attached hydrogen (secondary N) is 1. The van der Waals surface area contributed by atoms with Gasteiger partial charge >= 0.3 is 0 Å². The Morgan fingerprint density at radius 3 is 2.50 bits per heavy atom. The smallest absolute Gasteiger partial charge is 0.277 e. The maximum absolute atomic E-state index is 12.3. The first-order chi connectivity index (χ1) is 11.8. The molecule has 0 spiro atoms. The van der Waals surface area contributed by atoms with Crippen LogP contribution in [0.2, 0.25) is 0 Å². The van der Waals surface area contributed by atoms with E-state index in [0.717, 1.165) is 20.3 Å². The maximum Gasteiger partial charge on any atom is 0.277 e. The van der Waals surface area contributed by atoms with E-state index < -0.39 is 0 Å². The van der Waals surface area contributed by atoms with Gasteiger partial charge in [0.1, 0.15) is 11.4 Å². The molecule has 0 aliphatic carbocycles. The predicted octanol–water partition coefficient (Wildman–Crippen LogP) is 4.64. The van der Waals surface area contributed by atoms with Crippen LogP contribution < -0.4 is 5.32 Å².